The number of hydrogen-bond acceptors (Lipinski definition) is 6. The predicted molar refractivity (Wildman–Crippen MR) is 141 cm³/mol. The highest BCUT2D eigenvalue weighted by molar-refractivity contribution is 6.21. The number of nitrogens with one attached hydrogen (secondary N) is 2. The third kappa shape index (κ3) is 7.73. The van der Waals surface area contributed by atoms with Crippen molar-refractivity contribution >= 4 is 23.7 Å². The van der Waals surface area contributed by atoms with Crippen LogP contribution in [-0.2, 0) is 20.9 Å². The normalized spacial score (nSPS) is 14.9. The number of carbonyl (C=O) groups excluding carboxylic acids is 4. The number of ether oxygens (including phenoxy) is 1. The van der Waals surface area contributed by atoms with Gasteiger partial charge in [-0.2, -0.15) is 0 Å². The number of imide groups is 1. The Morgan fingerprint density at radius 2 is 1.46 bits per heavy atom. The number of benzene rings is 2. The molecule has 1 aliphatic rings. The van der Waals surface area contributed by atoms with Gasteiger partial charge < -0.3 is 10.1 Å². The SMILES string of the molecule is CC(C)C[C@H](N[C@H](CCN1C(=O)c2ccccc2C1=O)C(=O)OC(C)(C)C)C(=O)NCc1ccccc1. The molecule has 1 aliphatic heterocycles. The zero-order valence-electron chi connectivity index (χ0n) is 22.2. The second kappa shape index (κ2) is 12.1. The number of esters is 1. The first-order valence-electron chi connectivity index (χ1n) is 12.7. The van der Waals surface area contributed by atoms with Crippen molar-refractivity contribution in [2.75, 3.05) is 6.54 Å². The monoisotopic (exact) mass is 507 g/mol. The molecule has 8 nitrogen and oxygen atoms in total. The Morgan fingerprint density at radius 1 is 0.892 bits per heavy atom. The minimum atomic E-state index is -0.894. The molecule has 0 unspecified atom stereocenters. The minimum absolute atomic E-state index is 0.0172. The summed E-state index contributed by atoms with van der Waals surface area (Å²) in [4.78, 5) is 53.1. The van der Waals surface area contributed by atoms with E-state index in [-0.39, 0.29) is 36.6 Å². The second-order valence-electron chi connectivity index (χ2n) is 10.7. The fraction of sp³-hybridized carbons (Fsp3) is 0.448. The summed E-state index contributed by atoms with van der Waals surface area (Å²) >= 11 is 0. The molecule has 8 heteroatoms. The van der Waals surface area contributed by atoms with Gasteiger partial charge >= 0.3 is 5.97 Å². The highest BCUT2D eigenvalue weighted by atomic mass is 16.6. The van der Waals surface area contributed by atoms with Crippen LogP contribution in [0.5, 0.6) is 0 Å². The Kier molecular flexibility index (Phi) is 9.21. The van der Waals surface area contributed by atoms with Crippen LogP contribution in [0.2, 0.25) is 0 Å². The topological polar surface area (TPSA) is 105 Å². The number of hydrogen-bond donors (Lipinski definition) is 2. The Balaban J connectivity index is 1.74. The summed E-state index contributed by atoms with van der Waals surface area (Å²) in [5.41, 5.74) is 0.934. The summed E-state index contributed by atoms with van der Waals surface area (Å²) in [6.07, 6.45) is 0.605. The molecule has 0 saturated heterocycles. The van der Waals surface area contributed by atoms with Crippen LogP contribution in [0.25, 0.3) is 0 Å². The van der Waals surface area contributed by atoms with Gasteiger partial charge in [-0.3, -0.25) is 29.4 Å². The Bertz CT molecular complexity index is 1090. The molecule has 3 rings (SSSR count). The minimum Gasteiger partial charge on any atom is -0.459 e. The largest absolute Gasteiger partial charge is 0.459 e. The number of nitrogens with zero attached hydrogens (tertiary/aromatic N) is 1. The van der Waals surface area contributed by atoms with Crippen molar-refractivity contribution in [2.24, 2.45) is 5.92 Å². The second-order valence-corrected chi connectivity index (χ2v) is 10.7. The van der Waals surface area contributed by atoms with Gasteiger partial charge in [-0.25, -0.2) is 0 Å². The standard InChI is InChI=1S/C29H37N3O5/c1-19(2)17-24(25(33)30-18-20-11-7-6-8-12-20)31-23(28(36)37-29(3,4)5)15-16-32-26(34)21-13-9-10-14-22(21)27(32)35/h6-14,19,23-24,31H,15-18H2,1-5H3,(H,30,33)/t23-,24+/m1/s1. The summed E-state index contributed by atoms with van der Waals surface area (Å²) in [5, 5.41) is 6.13. The van der Waals surface area contributed by atoms with E-state index in [2.05, 4.69) is 10.6 Å². The van der Waals surface area contributed by atoms with E-state index in [1.807, 2.05) is 44.2 Å². The van der Waals surface area contributed by atoms with E-state index >= 15 is 0 Å². The van der Waals surface area contributed by atoms with Gasteiger partial charge in [0.25, 0.3) is 11.8 Å². The van der Waals surface area contributed by atoms with Crippen molar-refractivity contribution < 1.29 is 23.9 Å². The zero-order valence-corrected chi connectivity index (χ0v) is 22.2. The number of carbonyl (C=O) groups is 4. The van der Waals surface area contributed by atoms with Crippen molar-refractivity contribution in [3.05, 3.63) is 71.3 Å². The molecule has 1 heterocycles. The molecule has 2 aromatic carbocycles. The Labute approximate surface area is 218 Å². The maximum absolute atomic E-state index is 13.2. The molecule has 2 N–H and O–H groups in total. The first-order chi connectivity index (χ1) is 17.5. The highest BCUT2D eigenvalue weighted by Gasteiger charge is 2.37. The smallest absolute Gasteiger partial charge is 0.323 e. The first-order valence-corrected chi connectivity index (χ1v) is 12.7. The third-order valence-electron chi connectivity index (χ3n) is 5.95. The molecule has 0 aromatic heterocycles. The van der Waals surface area contributed by atoms with Crippen molar-refractivity contribution in [2.45, 2.75) is 71.7 Å². The lowest BCUT2D eigenvalue weighted by atomic mass is 10.0. The lowest BCUT2D eigenvalue weighted by Gasteiger charge is -2.29. The molecular weight excluding hydrogens is 470 g/mol. The van der Waals surface area contributed by atoms with E-state index in [1.165, 1.54) is 0 Å². The van der Waals surface area contributed by atoms with Crippen LogP contribution < -0.4 is 10.6 Å². The van der Waals surface area contributed by atoms with Crippen LogP contribution in [0, 0.1) is 5.92 Å². The highest BCUT2D eigenvalue weighted by Crippen LogP contribution is 2.23. The van der Waals surface area contributed by atoms with Crippen LogP contribution in [0.3, 0.4) is 0 Å². The zero-order chi connectivity index (χ0) is 27.2. The lowest BCUT2D eigenvalue weighted by Crippen LogP contribution is -2.53. The fourth-order valence-electron chi connectivity index (χ4n) is 4.22. The molecule has 2 atom stereocenters. The fourth-order valence-corrected chi connectivity index (χ4v) is 4.22. The third-order valence-corrected chi connectivity index (χ3v) is 5.95. The molecule has 0 spiro atoms. The van der Waals surface area contributed by atoms with Gasteiger partial charge in [0.2, 0.25) is 5.91 Å². The van der Waals surface area contributed by atoms with Crippen molar-refractivity contribution in [3.63, 3.8) is 0 Å². The lowest BCUT2D eigenvalue weighted by molar-refractivity contribution is -0.158. The average Bonchev–Trinajstić information content (AvgIpc) is 3.08. The summed E-state index contributed by atoms with van der Waals surface area (Å²) in [6, 6.07) is 14.7. The summed E-state index contributed by atoms with van der Waals surface area (Å²) in [6.45, 7) is 9.69. The van der Waals surface area contributed by atoms with Gasteiger partial charge in [0.1, 0.15) is 11.6 Å². The van der Waals surface area contributed by atoms with Crippen LogP contribution in [0.4, 0.5) is 0 Å². The quantitative estimate of drug-likeness (QED) is 0.355. The van der Waals surface area contributed by atoms with Crippen LogP contribution in [-0.4, -0.2) is 52.8 Å². The Morgan fingerprint density at radius 3 is 2.00 bits per heavy atom. The van der Waals surface area contributed by atoms with E-state index in [0.717, 1.165) is 10.5 Å². The van der Waals surface area contributed by atoms with Crippen molar-refractivity contribution in [3.8, 4) is 0 Å². The van der Waals surface area contributed by atoms with Gasteiger partial charge in [-0.05, 0) is 57.2 Å². The van der Waals surface area contributed by atoms with Crippen LogP contribution >= 0.6 is 0 Å². The average molecular weight is 508 g/mol. The molecule has 0 fully saturated rings. The van der Waals surface area contributed by atoms with E-state index < -0.39 is 23.7 Å². The molecule has 198 valence electrons. The van der Waals surface area contributed by atoms with Gasteiger partial charge in [-0.1, -0.05) is 56.3 Å². The molecule has 0 aliphatic carbocycles. The summed E-state index contributed by atoms with van der Waals surface area (Å²) < 4.78 is 5.62. The van der Waals surface area contributed by atoms with Gasteiger partial charge in [-0.15, -0.1) is 0 Å². The maximum atomic E-state index is 13.2. The van der Waals surface area contributed by atoms with E-state index in [0.29, 0.717) is 24.1 Å². The predicted octanol–water partition coefficient (Wildman–Crippen LogP) is 3.70. The van der Waals surface area contributed by atoms with Crippen LogP contribution in [0.15, 0.2) is 54.6 Å². The molecule has 37 heavy (non-hydrogen) atoms. The summed E-state index contributed by atoms with van der Waals surface area (Å²) in [5.74, 6) is -1.36. The molecule has 0 saturated carbocycles. The number of rotatable bonds is 11. The number of amides is 3. The van der Waals surface area contributed by atoms with Gasteiger partial charge in [0.05, 0.1) is 17.2 Å². The Hall–Kier alpha value is -3.52. The van der Waals surface area contributed by atoms with Gasteiger partial charge in [0.15, 0.2) is 0 Å². The molecule has 3 amide bonds. The van der Waals surface area contributed by atoms with Crippen molar-refractivity contribution in [1.29, 1.82) is 0 Å². The van der Waals surface area contributed by atoms with E-state index in [9.17, 15) is 19.2 Å². The molecule has 0 radical (unpaired) electrons. The molecule has 2 aromatic rings. The van der Waals surface area contributed by atoms with Crippen molar-refractivity contribution in [1.82, 2.24) is 15.5 Å². The molecular formula is C29H37N3O5. The first kappa shape index (κ1) is 28.1. The maximum Gasteiger partial charge on any atom is 0.323 e. The van der Waals surface area contributed by atoms with Gasteiger partial charge in [0, 0.05) is 13.1 Å². The van der Waals surface area contributed by atoms with E-state index in [4.69, 9.17) is 4.74 Å². The summed E-state index contributed by atoms with van der Waals surface area (Å²) in [7, 11) is 0. The van der Waals surface area contributed by atoms with E-state index in [1.54, 1.807) is 45.0 Å². The molecule has 0 bridgehead atoms. The number of fused-ring (bicyclic) bond motifs is 1. The van der Waals surface area contributed by atoms with Crippen LogP contribution in [0.1, 0.15) is 73.7 Å².